The molecule has 1 heterocycles. The standard InChI is InChI=1S/C14H15IN2/c1-3-4-11-6-7-12(9-13(11)15)14-8-5-10(2)16-17-14/h3-4,6-7,9H,5,8H2,1-2H3. The Bertz CT molecular complexity index is 513. The number of benzene rings is 1. The molecule has 2 rings (SSSR count). The summed E-state index contributed by atoms with van der Waals surface area (Å²) in [6.45, 7) is 4.06. The van der Waals surface area contributed by atoms with Crippen LogP contribution in [0.4, 0.5) is 0 Å². The predicted molar refractivity (Wildman–Crippen MR) is 82.7 cm³/mol. The van der Waals surface area contributed by atoms with Crippen LogP contribution >= 0.6 is 22.6 Å². The molecule has 0 unspecified atom stereocenters. The summed E-state index contributed by atoms with van der Waals surface area (Å²) < 4.78 is 1.26. The molecule has 0 amide bonds. The van der Waals surface area contributed by atoms with E-state index in [-0.39, 0.29) is 0 Å². The smallest absolute Gasteiger partial charge is 0.0706 e. The first-order valence-corrected chi connectivity index (χ1v) is 6.81. The second kappa shape index (κ2) is 5.58. The molecular formula is C14H15IN2. The van der Waals surface area contributed by atoms with Gasteiger partial charge in [0.1, 0.15) is 0 Å². The van der Waals surface area contributed by atoms with Gasteiger partial charge in [0.2, 0.25) is 0 Å². The van der Waals surface area contributed by atoms with Crippen molar-refractivity contribution in [1.82, 2.24) is 0 Å². The molecule has 0 radical (unpaired) electrons. The highest BCUT2D eigenvalue weighted by atomic mass is 127. The van der Waals surface area contributed by atoms with Crippen molar-refractivity contribution in [2.45, 2.75) is 26.7 Å². The van der Waals surface area contributed by atoms with Crippen molar-refractivity contribution >= 4 is 40.1 Å². The molecule has 2 nitrogen and oxygen atoms in total. The SMILES string of the molecule is CC=Cc1ccc(C2=NN=C(C)CC2)cc1I. The maximum atomic E-state index is 4.28. The normalized spacial score (nSPS) is 15.9. The fourth-order valence-electron chi connectivity index (χ4n) is 1.77. The Hall–Kier alpha value is -0.970. The average Bonchev–Trinajstić information content (AvgIpc) is 2.33. The topological polar surface area (TPSA) is 24.7 Å². The van der Waals surface area contributed by atoms with Crippen molar-refractivity contribution in [1.29, 1.82) is 0 Å². The lowest BCUT2D eigenvalue weighted by Gasteiger charge is -2.10. The van der Waals surface area contributed by atoms with Gasteiger partial charge in [0, 0.05) is 9.28 Å². The van der Waals surface area contributed by atoms with Gasteiger partial charge < -0.3 is 0 Å². The van der Waals surface area contributed by atoms with Crippen LogP contribution < -0.4 is 0 Å². The number of allylic oxidation sites excluding steroid dienone is 1. The molecule has 1 aromatic rings. The number of hydrogen-bond donors (Lipinski definition) is 0. The maximum Gasteiger partial charge on any atom is 0.0706 e. The molecule has 1 aromatic carbocycles. The third-order valence-electron chi connectivity index (χ3n) is 2.74. The molecule has 88 valence electrons. The first-order valence-electron chi connectivity index (χ1n) is 5.73. The molecule has 1 aliphatic rings. The summed E-state index contributed by atoms with van der Waals surface area (Å²) in [5.41, 5.74) is 4.67. The molecule has 0 saturated carbocycles. The molecule has 0 N–H and O–H groups in total. The fraction of sp³-hybridized carbons (Fsp3) is 0.286. The highest BCUT2D eigenvalue weighted by molar-refractivity contribution is 14.1. The largest absolute Gasteiger partial charge is 0.160 e. The Labute approximate surface area is 116 Å². The Balaban J connectivity index is 2.32. The van der Waals surface area contributed by atoms with Crippen molar-refractivity contribution in [3.8, 4) is 0 Å². The van der Waals surface area contributed by atoms with Crippen molar-refractivity contribution in [3.05, 3.63) is 39.0 Å². The van der Waals surface area contributed by atoms with Gasteiger partial charge >= 0.3 is 0 Å². The number of rotatable bonds is 2. The van der Waals surface area contributed by atoms with Gasteiger partial charge in [0.25, 0.3) is 0 Å². The van der Waals surface area contributed by atoms with Gasteiger partial charge in [-0.3, -0.25) is 0 Å². The van der Waals surface area contributed by atoms with Crippen molar-refractivity contribution in [2.24, 2.45) is 10.2 Å². The molecule has 0 aliphatic carbocycles. The second-order valence-corrected chi connectivity index (χ2v) is 5.28. The molecule has 1 aliphatic heterocycles. The van der Waals surface area contributed by atoms with Crippen LogP contribution in [0.1, 0.15) is 37.8 Å². The van der Waals surface area contributed by atoms with E-state index in [9.17, 15) is 0 Å². The zero-order valence-corrected chi connectivity index (χ0v) is 12.2. The summed E-state index contributed by atoms with van der Waals surface area (Å²) in [5.74, 6) is 0. The number of nitrogens with zero attached hydrogens (tertiary/aromatic N) is 2. The molecule has 0 saturated heterocycles. The van der Waals surface area contributed by atoms with E-state index in [1.54, 1.807) is 0 Å². The lowest BCUT2D eigenvalue weighted by molar-refractivity contribution is 1.03. The molecule has 0 aromatic heterocycles. The summed E-state index contributed by atoms with van der Waals surface area (Å²) in [7, 11) is 0. The van der Waals surface area contributed by atoms with E-state index in [1.807, 2.05) is 13.8 Å². The Morgan fingerprint density at radius 3 is 2.65 bits per heavy atom. The first kappa shape index (κ1) is 12.5. The van der Waals surface area contributed by atoms with Crippen LogP contribution in [0.15, 0.2) is 34.5 Å². The van der Waals surface area contributed by atoms with Gasteiger partial charge in [-0.05, 0) is 66.5 Å². The third kappa shape index (κ3) is 3.03. The first-order chi connectivity index (χ1) is 8.20. The van der Waals surface area contributed by atoms with Crippen molar-refractivity contribution in [3.63, 3.8) is 0 Å². The van der Waals surface area contributed by atoms with Gasteiger partial charge in [0.15, 0.2) is 0 Å². The summed E-state index contributed by atoms with van der Waals surface area (Å²) in [6.07, 6.45) is 6.19. The van der Waals surface area contributed by atoms with E-state index in [0.29, 0.717) is 0 Å². The van der Waals surface area contributed by atoms with Crippen LogP contribution in [0.2, 0.25) is 0 Å². The van der Waals surface area contributed by atoms with Crippen LogP contribution in [-0.2, 0) is 0 Å². The van der Waals surface area contributed by atoms with Gasteiger partial charge in [0.05, 0.1) is 5.71 Å². The van der Waals surface area contributed by atoms with Gasteiger partial charge in [-0.25, -0.2) is 0 Å². The minimum atomic E-state index is 0.994. The molecule has 0 bridgehead atoms. The van der Waals surface area contributed by atoms with Crippen LogP contribution in [-0.4, -0.2) is 11.4 Å². The monoisotopic (exact) mass is 338 g/mol. The molecule has 3 heteroatoms. The van der Waals surface area contributed by atoms with Gasteiger partial charge in [-0.1, -0.05) is 24.3 Å². The molecule has 0 atom stereocenters. The highest BCUT2D eigenvalue weighted by Crippen LogP contribution is 2.19. The van der Waals surface area contributed by atoms with E-state index in [4.69, 9.17) is 0 Å². The molecular weight excluding hydrogens is 323 g/mol. The van der Waals surface area contributed by atoms with Crippen LogP contribution in [0.5, 0.6) is 0 Å². The predicted octanol–water partition coefficient (Wildman–Crippen LogP) is 4.28. The van der Waals surface area contributed by atoms with Crippen LogP contribution in [0.3, 0.4) is 0 Å². The summed E-state index contributed by atoms with van der Waals surface area (Å²) in [4.78, 5) is 0. The van der Waals surface area contributed by atoms with E-state index in [0.717, 1.165) is 24.3 Å². The third-order valence-corrected chi connectivity index (χ3v) is 3.68. The van der Waals surface area contributed by atoms with Crippen LogP contribution in [0, 0.1) is 3.57 Å². The zero-order chi connectivity index (χ0) is 12.3. The fourth-order valence-corrected chi connectivity index (χ4v) is 2.46. The molecule has 0 fully saturated rings. The summed E-state index contributed by atoms with van der Waals surface area (Å²) in [5, 5.41) is 8.45. The Kier molecular flexibility index (Phi) is 4.10. The number of hydrogen-bond acceptors (Lipinski definition) is 2. The van der Waals surface area contributed by atoms with Crippen molar-refractivity contribution < 1.29 is 0 Å². The van der Waals surface area contributed by atoms with E-state index >= 15 is 0 Å². The Morgan fingerprint density at radius 1 is 1.24 bits per heavy atom. The van der Waals surface area contributed by atoms with Crippen molar-refractivity contribution in [2.75, 3.05) is 0 Å². The minimum Gasteiger partial charge on any atom is -0.160 e. The van der Waals surface area contributed by atoms with E-state index in [1.165, 1.54) is 14.7 Å². The lowest BCUT2D eigenvalue weighted by Crippen LogP contribution is -2.08. The number of halogens is 1. The zero-order valence-electron chi connectivity index (χ0n) is 10.1. The second-order valence-electron chi connectivity index (χ2n) is 4.12. The summed E-state index contributed by atoms with van der Waals surface area (Å²) >= 11 is 2.37. The molecule has 0 spiro atoms. The summed E-state index contributed by atoms with van der Waals surface area (Å²) in [6, 6.07) is 6.46. The minimum absolute atomic E-state index is 0.994. The Morgan fingerprint density at radius 2 is 2.06 bits per heavy atom. The molecule has 17 heavy (non-hydrogen) atoms. The van der Waals surface area contributed by atoms with Gasteiger partial charge in [-0.2, -0.15) is 10.2 Å². The van der Waals surface area contributed by atoms with E-state index in [2.05, 4.69) is 63.1 Å². The highest BCUT2D eigenvalue weighted by Gasteiger charge is 2.10. The quantitative estimate of drug-likeness (QED) is 0.719. The van der Waals surface area contributed by atoms with E-state index < -0.39 is 0 Å². The average molecular weight is 338 g/mol. The maximum absolute atomic E-state index is 4.28. The van der Waals surface area contributed by atoms with Gasteiger partial charge in [-0.15, -0.1) is 0 Å². The van der Waals surface area contributed by atoms with Crippen LogP contribution in [0.25, 0.3) is 6.08 Å². The lowest BCUT2D eigenvalue weighted by atomic mass is 10.0.